The average molecular weight is 566 g/mol. The Morgan fingerprint density at radius 2 is 1.45 bits per heavy atom. The second kappa shape index (κ2) is 12.6. The number of benzene rings is 3. The van der Waals surface area contributed by atoms with Gasteiger partial charge in [-0.1, -0.05) is 60.4 Å². The SMILES string of the molecule is Cc1ccc(CN(C(=O)CN(c2ccc(F)cc2)S(=O)(=O)c2ccc(C)cc2)[C@H](C)C(=O)NC2CCCC2)cc1. The van der Waals surface area contributed by atoms with Gasteiger partial charge in [0.05, 0.1) is 10.6 Å². The van der Waals surface area contributed by atoms with E-state index >= 15 is 0 Å². The van der Waals surface area contributed by atoms with E-state index in [1.54, 1.807) is 19.1 Å². The molecule has 40 heavy (non-hydrogen) atoms. The Kier molecular flexibility index (Phi) is 9.25. The number of aryl methyl sites for hydroxylation is 2. The van der Waals surface area contributed by atoms with E-state index in [0.717, 1.165) is 58.8 Å². The quantitative estimate of drug-likeness (QED) is 0.370. The van der Waals surface area contributed by atoms with Crippen molar-refractivity contribution < 1.29 is 22.4 Å². The molecule has 2 amide bonds. The highest BCUT2D eigenvalue weighted by Gasteiger charge is 2.33. The van der Waals surface area contributed by atoms with Crippen molar-refractivity contribution in [2.75, 3.05) is 10.8 Å². The van der Waals surface area contributed by atoms with E-state index in [-0.39, 0.29) is 29.1 Å². The summed E-state index contributed by atoms with van der Waals surface area (Å²) in [5.74, 6) is -1.35. The van der Waals surface area contributed by atoms with Crippen molar-refractivity contribution in [3.05, 3.63) is 95.3 Å². The van der Waals surface area contributed by atoms with Crippen LogP contribution in [0.5, 0.6) is 0 Å². The molecule has 0 radical (unpaired) electrons. The molecule has 4 rings (SSSR count). The second-order valence-electron chi connectivity index (χ2n) is 10.5. The molecule has 3 aromatic rings. The highest BCUT2D eigenvalue weighted by Crippen LogP contribution is 2.25. The summed E-state index contributed by atoms with van der Waals surface area (Å²) in [7, 11) is -4.19. The maximum atomic E-state index is 13.9. The van der Waals surface area contributed by atoms with Crippen LogP contribution in [0, 0.1) is 19.7 Å². The van der Waals surface area contributed by atoms with Gasteiger partial charge < -0.3 is 10.2 Å². The van der Waals surface area contributed by atoms with E-state index < -0.39 is 34.3 Å². The molecule has 0 bridgehead atoms. The molecule has 7 nitrogen and oxygen atoms in total. The molecule has 3 aromatic carbocycles. The molecule has 0 saturated heterocycles. The topological polar surface area (TPSA) is 86.8 Å². The third-order valence-electron chi connectivity index (χ3n) is 7.34. The predicted octanol–water partition coefficient (Wildman–Crippen LogP) is 5.11. The molecule has 0 heterocycles. The van der Waals surface area contributed by atoms with Crippen molar-refractivity contribution in [2.24, 2.45) is 0 Å². The van der Waals surface area contributed by atoms with Gasteiger partial charge in [0.1, 0.15) is 18.4 Å². The summed E-state index contributed by atoms with van der Waals surface area (Å²) < 4.78 is 42.3. The van der Waals surface area contributed by atoms with Crippen LogP contribution in [0.15, 0.2) is 77.7 Å². The highest BCUT2D eigenvalue weighted by molar-refractivity contribution is 7.92. The third kappa shape index (κ3) is 7.07. The Bertz CT molecular complexity index is 1420. The first-order valence-corrected chi connectivity index (χ1v) is 15.0. The van der Waals surface area contributed by atoms with Crippen LogP contribution >= 0.6 is 0 Å². The highest BCUT2D eigenvalue weighted by atomic mass is 32.2. The Morgan fingerprint density at radius 1 is 0.900 bits per heavy atom. The maximum Gasteiger partial charge on any atom is 0.264 e. The van der Waals surface area contributed by atoms with Crippen molar-refractivity contribution in [3.8, 4) is 0 Å². The molecule has 212 valence electrons. The lowest BCUT2D eigenvalue weighted by Gasteiger charge is -2.32. The molecule has 0 aromatic heterocycles. The van der Waals surface area contributed by atoms with Gasteiger partial charge in [-0.25, -0.2) is 12.8 Å². The Balaban J connectivity index is 1.67. The van der Waals surface area contributed by atoms with E-state index in [9.17, 15) is 22.4 Å². The van der Waals surface area contributed by atoms with E-state index in [0.29, 0.717) is 0 Å². The second-order valence-corrected chi connectivity index (χ2v) is 12.3. The number of hydrogen-bond acceptors (Lipinski definition) is 4. The predicted molar refractivity (Wildman–Crippen MR) is 154 cm³/mol. The van der Waals surface area contributed by atoms with Crippen molar-refractivity contribution >= 4 is 27.5 Å². The number of sulfonamides is 1. The summed E-state index contributed by atoms with van der Waals surface area (Å²) >= 11 is 0. The Morgan fingerprint density at radius 3 is 2.02 bits per heavy atom. The zero-order valence-electron chi connectivity index (χ0n) is 23.1. The van der Waals surface area contributed by atoms with Gasteiger partial charge >= 0.3 is 0 Å². The third-order valence-corrected chi connectivity index (χ3v) is 9.13. The number of anilines is 1. The lowest BCUT2D eigenvalue weighted by atomic mass is 10.1. The summed E-state index contributed by atoms with van der Waals surface area (Å²) in [4.78, 5) is 28.6. The molecule has 0 aliphatic heterocycles. The van der Waals surface area contributed by atoms with E-state index in [2.05, 4.69) is 5.32 Å². The zero-order valence-corrected chi connectivity index (χ0v) is 24.0. The fraction of sp³-hybridized carbons (Fsp3) is 0.355. The molecule has 9 heteroatoms. The molecule has 0 unspecified atom stereocenters. The monoisotopic (exact) mass is 565 g/mol. The first-order valence-electron chi connectivity index (χ1n) is 13.5. The summed E-state index contributed by atoms with van der Waals surface area (Å²) in [6.45, 7) is 5.03. The standard InChI is InChI=1S/C31H36FN3O4S/c1-22-8-12-25(13-9-22)20-34(24(3)31(37)33-27-6-4-5-7-27)30(36)21-35(28-16-14-26(32)15-17-28)40(38,39)29-18-10-23(2)11-19-29/h8-19,24,27H,4-7,20-21H2,1-3H3,(H,33,37)/t24-/m1/s1. The smallest absolute Gasteiger partial charge is 0.264 e. The fourth-order valence-electron chi connectivity index (χ4n) is 4.84. The lowest BCUT2D eigenvalue weighted by molar-refractivity contribution is -0.139. The van der Waals surface area contributed by atoms with Gasteiger partial charge in [-0.05, 0) is 75.6 Å². The minimum absolute atomic E-state index is 0.00679. The normalized spacial score (nSPS) is 14.5. The number of nitrogens with zero attached hydrogens (tertiary/aromatic N) is 2. The number of hydrogen-bond donors (Lipinski definition) is 1. The number of halogens is 1. The van der Waals surface area contributed by atoms with Crippen molar-refractivity contribution in [1.82, 2.24) is 10.2 Å². The molecule has 0 spiro atoms. The fourth-order valence-corrected chi connectivity index (χ4v) is 6.25. The first kappa shape index (κ1) is 29.3. The van der Waals surface area contributed by atoms with Crippen LogP contribution in [-0.4, -0.2) is 43.8 Å². The van der Waals surface area contributed by atoms with Gasteiger partial charge in [0, 0.05) is 12.6 Å². The maximum absolute atomic E-state index is 13.9. The molecule has 1 saturated carbocycles. The van der Waals surface area contributed by atoms with Crippen LogP contribution in [-0.2, 0) is 26.2 Å². The van der Waals surface area contributed by atoms with Crippen LogP contribution in [0.1, 0.15) is 49.3 Å². The molecular weight excluding hydrogens is 529 g/mol. The Labute approximate surface area is 236 Å². The summed E-state index contributed by atoms with van der Waals surface area (Å²) in [6, 6.07) is 18.1. The van der Waals surface area contributed by atoms with E-state index in [4.69, 9.17) is 0 Å². The number of rotatable bonds is 10. The lowest BCUT2D eigenvalue weighted by Crippen LogP contribution is -2.52. The van der Waals surface area contributed by atoms with Crippen LogP contribution in [0.3, 0.4) is 0 Å². The van der Waals surface area contributed by atoms with Crippen LogP contribution < -0.4 is 9.62 Å². The van der Waals surface area contributed by atoms with Gasteiger partial charge in [0.2, 0.25) is 11.8 Å². The molecule has 1 N–H and O–H groups in total. The number of carbonyl (C=O) groups is 2. The van der Waals surface area contributed by atoms with Crippen molar-refractivity contribution in [3.63, 3.8) is 0 Å². The molecular formula is C31H36FN3O4S. The number of nitrogens with one attached hydrogen (secondary N) is 1. The van der Waals surface area contributed by atoms with Gasteiger partial charge in [-0.2, -0.15) is 0 Å². The summed E-state index contributed by atoms with van der Waals surface area (Å²) in [5, 5.41) is 3.06. The van der Waals surface area contributed by atoms with Gasteiger partial charge in [0.25, 0.3) is 10.0 Å². The molecule has 1 atom stereocenters. The number of carbonyl (C=O) groups excluding carboxylic acids is 2. The molecule has 1 fully saturated rings. The van der Waals surface area contributed by atoms with Gasteiger partial charge in [0.15, 0.2) is 0 Å². The minimum Gasteiger partial charge on any atom is -0.352 e. The van der Waals surface area contributed by atoms with E-state index in [1.165, 1.54) is 29.2 Å². The summed E-state index contributed by atoms with van der Waals surface area (Å²) in [6.07, 6.45) is 3.90. The van der Waals surface area contributed by atoms with Gasteiger partial charge in [-0.15, -0.1) is 0 Å². The minimum atomic E-state index is -4.19. The average Bonchev–Trinajstić information content (AvgIpc) is 3.44. The summed E-state index contributed by atoms with van der Waals surface area (Å²) in [5.41, 5.74) is 2.90. The largest absolute Gasteiger partial charge is 0.352 e. The zero-order chi connectivity index (χ0) is 28.9. The van der Waals surface area contributed by atoms with Gasteiger partial charge in [-0.3, -0.25) is 13.9 Å². The van der Waals surface area contributed by atoms with Crippen LogP contribution in [0.25, 0.3) is 0 Å². The van der Waals surface area contributed by atoms with Crippen LogP contribution in [0.2, 0.25) is 0 Å². The molecule has 1 aliphatic carbocycles. The van der Waals surface area contributed by atoms with E-state index in [1.807, 2.05) is 38.1 Å². The van der Waals surface area contributed by atoms with Crippen molar-refractivity contribution in [1.29, 1.82) is 0 Å². The number of amides is 2. The van der Waals surface area contributed by atoms with Crippen LogP contribution in [0.4, 0.5) is 10.1 Å². The molecule has 1 aliphatic rings. The van der Waals surface area contributed by atoms with Crippen molar-refractivity contribution in [2.45, 2.75) is 70.0 Å². The first-order chi connectivity index (χ1) is 19.0. The Hall–Kier alpha value is -3.72.